The number of rotatable bonds is 4. The van der Waals surface area contributed by atoms with Gasteiger partial charge in [0.1, 0.15) is 0 Å². The molecule has 2 nitrogen and oxygen atoms in total. The minimum atomic E-state index is 0.171. The molecule has 0 spiro atoms. The topological polar surface area (TPSA) is 29.1 Å². The molecule has 0 bridgehead atoms. The zero-order chi connectivity index (χ0) is 13.7. The first-order valence-electron chi connectivity index (χ1n) is 7.14. The van der Waals surface area contributed by atoms with Crippen LogP contribution in [0.4, 0.5) is 0 Å². The fourth-order valence-electron chi connectivity index (χ4n) is 2.56. The van der Waals surface area contributed by atoms with Gasteiger partial charge in [0.2, 0.25) is 5.91 Å². The van der Waals surface area contributed by atoms with Gasteiger partial charge in [-0.3, -0.25) is 4.79 Å². The summed E-state index contributed by atoms with van der Waals surface area (Å²) in [7, 11) is 0. The fourth-order valence-corrected chi connectivity index (χ4v) is 3.27. The molecule has 1 fully saturated rings. The number of hydrogen-bond acceptors (Lipinski definition) is 2. The summed E-state index contributed by atoms with van der Waals surface area (Å²) in [4.78, 5) is 13.1. The quantitative estimate of drug-likeness (QED) is 0.849. The highest BCUT2D eigenvalue weighted by molar-refractivity contribution is 8.00. The average Bonchev–Trinajstić information content (AvgIpc) is 2.41. The summed E-state index contributed by atoms with van der Waals surface area (Å²) in [6.07, 6.45) is 4.95. The van der Waals surface area contributed by atoms with Gasteiger partial charge in [-0.15, -0.1) is 11.8 Å². The predicted octanol–water partition coefficient (Wildman–Crippen LogP) is 3.78. The molecule has 19 heavy (non-hydrogen) atoms. The first-order valence-corrected chi connectivity index (χ1v) is 8.12. The third-order valence-electron chi connectivity index (χ3n) is 3.85. The SMILES string of the molecule is Cc1ccc(SCC(=O)N[C@H]2CCCC[C@@H]2C)cc1. The normalized spacial score (nSPS) is 23.1. The summed E-state index contributed by atoms with van der Waals surface area (Å²) in [5, 5.41) is 3.19. The molecule has 1 aliphatic carbocycles. The van der Waals surface area contributed by atoms with E-state index in [-0.39, 0.29) is 5.91 Å². The lowest BCUT2D eigenvalue weighted by Gasteiger charge is -2.29. The minimum absolute atomic E-state index is 0.171. The molecule has 0 aliphatic heterocycles. The molecule has 1 aliphatic rings. The minimum Gasteiger partial charge on any atom is -0.352 e. The van der Waals surface area contributed by atoms with Crippen molar-refractivity contribution < 1.29 is 4.79 Å². The summed E-state index contributed by atoms with van der Waals surface area (Å²) in [6.45, 7) is 4.32. The molecular weight excluding hydrogens is 254 g/mol. The third-order valence-corrected chi connectivity index (χ3v) is 4.86. The van der Waals surface area contributed by atoms with Gasteiger partial charge in [-0.05, 0) is 37.8 Å². The highest BCUT2D eigenvalue weighted by Gasteiger charge is 2.22. The van der Waals surface area contributed by atoms with E-state index in [9.17, 15) is 4.79 Å². The van der Waals surface area contributed by atoms with Gasteiger partial charge in [-0.2, -0.15) is 0 Å². The van der Waals surface area contributed by atoms with E-state index >= 15 is 0 Å². The monoisotopic (exact) mass is 277 g/mol. The first-order chi connectivity index (χ1) is 9.15. The Kier molecular flexibility index (Phi) is 5.32. The van der Waals surface area contributed by atoms with E-state index < -0.39 is 0 Å². The van der Waals surface area contributed by atoms with Crippen LogP contribution in [-0.4, -0.2) is 17.7 Å². The maximum atomic E-state index is 12.0. The van der Waals surface area contributed by atoms with Crippen LogP contribution >= 0.6 is 11.8 Å². The number of amides is 1. The van der Waals surface area contributed by atoms with Crippen LogP contribution in [0.1, 0.15) is 38.2 Å². The van der Waals surface area contributed by atoms with Gasteiger partial charge in [0.15, 0.2) is 0 Å². The van der Waals surface area contributed by atoms with Gasteiger partial charge in [-0.25, -0.2) is 0 Å². The van der Waals surface area contributed by atoms with E-state index in [0.29, 0.717) is 17.7 Å². The molecule has 1 N–H and O–H groups in total. The van der Waals surface area contributed by atoms with Crippen molar-refractivity contribution in [3.05, 3.63) is 29.8 Å². The Morgan fingerprint density at radius 3 is 2.63 bits per heavy atom. The molecule has 1 saturated carbocycles. The second-order valence-corrected chi connectivity index (χ2v) is 6.59. The smallest absolute Gasteiger partial charge is 0.230 e. The summed E-state index contributed by atoms with van der Waals surface area (Å²) in [6, 6.07) is 8.72. The Morgan fingerprint density at radius 2 is 1.95 bits per heavy atom. The number of hydrogen-bond donors (Lipinski definition) is 1. The zero-order valence-corrected chi connectivity index (χ0v) is 12.6. The van der Waals surface area contributed by atoms with Crippen LogP contribution in [0.15, 0.2) is 29.2 Å². The lowest BCUT2D eigenvalue weighted by atomic mass is 9.86. The highest BCUT2D eigenvalue weighted by atomic mass is 32.2. The maximum absolute atomic E-state index is 12.0. The highest BCUT2D eigenvalue weighted by Crippen LogP contribution is 2.24. The molecule has 104 valence electrons. The van der Waals surface area contributed by atoms with E-state index in [1.807, 2.05) is 0 Å². The Morgan fingerprint density at radius 1 is 1.26 bits per heavy atom. The van der Waals surface area contributed by atoms with Crippen LogP contribution < -0.4 is 5.32 Å². The van der Waals surface area contributed by atoms with E-state index in [0.717, 1.165) is 11.3 Å². The van der Waals surface area contributed by atoms with Crippen molar-refractivity contribution >= 4 is 17.7 Å². The summed E-state index contributed by atoms with van der Waals surface area (Å²) < 4.78 is 0. The Bertz CT molecular complexity index is 415. The molecule has 0 aromatic heterocycles. The standard InChI is InChI=1S/C16H23NOS/c1-12-7-9-14(10-8-12)19-11-16(18)17-15-6-4-3-5-13(15)2/h7-10,13,15H,3-6,11H2,1-2H3,(H,17,18)/t13-,15-/m0/s1. The third kappa shape index (κ3) is 4.57. The predicted molar refractivity (Wildman–Crippen MR) is 81.5 cm³/mol. The molecule has 3 heteroatoms. The van der Waals surface area contributed by atoms with E-state index in [1.165, 1.54) is 24.8 Å². The number of benzene rings is 1. The van der Waals surface area contributed by atoms with Crippen LogP contribution in [0.25, 0.3) is 0 Å². The first kappa shape index (κ1) is 14.4. The molecule has 1 aromatic carbocycles. The molecule has 1 aromatic rings. The van der Waals surface area contributed by atoms with Crippen LogP contribution in [0.3, 0.4) is 0 Å². The number of thioether (sulfide) groups is 1. The van der Waals surface area contributed by atoms with Gasteiger partial charge >= 0.3 is 0 Å². The van der Waals surface area contributed by atoms with E-state index in [2.05, 4.69) is 43.4 Å². The Balaban J connectivity index is 1.76. The Hall–Kier alpha value is -0.960. The lowest BCUT2D eigenvalue weighted by Crippen LogP contribution is -2.41. The largest absolute Gasteiger partial charge is 0.352 e. The summed E-state index contributed by atoms with van der Waals surface area (Å²) in [5.41, 5.74) is 1.25. The summed E-state index contributed by atoms with van der Waals surface area (Å²) >= 11 is 1.61. The van der Waals surface area contributed by atoms with Crippen LogP contribution in [0, 0.1) is 12.8 Å². The van der Waals surface area contributed by atoms with Crippen molar-refractivity contribution in [2.45, 2.75) is 50.5 Å². The number of carbonyl (C=O) groups excluding carboxylic acids is 1. The lowest BCUT2D eigenvalue weighted by molar-refractivity contribution is -0.119. The second-order valence-electron chi connectivity index (χ2n) is 5.54. The van der Waals surface area contributed by atoms with Crippen molar-refractivity contribution in [2.75, 3.05) is 5.75 Å². The van der Waals surface area contributed by atoms with Gasteiger partial charge in [0.25, 0.3) is 0 Å². The molecule has 0 heterocycles. The van der Waals surface area contributed by atoms with Crippen molar-refractivity contribution in [1.82, 2.24) is 5.32 Å². The molecule has 2 rings (SSSR count). The summed E-state index contributed by atoms with van der Waals surface area (Å²) in [5.74, 6) is 1.32. The van der Waals surface area contributed by atoms with Crippen LogP contribution in [0.2, 0.25) is 0 Å². The number of nitrogens with one attached hydrogen (secondary N) is 1. The van der Waals surface area contributed by atoms with Crippen molar-refractivity contribution in [3.63, 3.8) is 0 Å². The average molecular weight is 277 g/mol. The number of carbonyl (C=O) groups is 1. The van der Waals surface area contributed by atoms with Crippen LogP contribution in [-0.2, 0) is 4.79 Å². The molecule has 0 radical (unpaired) electrons. The van der Waals surface area contributed by atoms with Gasteiger partial charge in [0.05, 0.1) is 5.75 Å². The molecule has 1 amide bonds. The zero-order valence-electron chi connectivity index (χ0n) is 11.8. The van der Waals surface area contributed by atoms with Crippen molar-refractivity contribution in [2.24, 2.45) is 5.92 Å². The molecular formula is C16H23NOS. The number of aryl methyl sites for hydroxylation is 1. The Labute approximate surface area is 120 Å². The molecule has 0 unspecified atom stereocenters. The molecule has 2 atom stereocenters. The maximum Gasteiger partial charge on any atom is 0.230 e. The van der Waals surface area contributed by atoms with Gasteiger partial charge < -0.3 is 5.32 Å². The van der Waals surface area contributed by atoms with E-state index in [4.69, 9.17) is 0 Å². The van der Waals surface area contributed by atoms with Crippen LogP contribution in [0.5, 0.6) is 0 Å². The molecule has 0 saturated heterocycles. The van der Waals surface area contributed by atoms with Crippen molar-refractivity contribution in [3.8, 4) is 0 Å². The van der Waals surface area contributed by atoms with Crippen molar-refractivity contribution in [1.29, 1.82) is 0 Å². The van der Waals surface area contributed by atoms with Gasteiger partial charge in [0, 0.05) is 10.9 Å². The second kappa shape index (κ2) is 6.99. The fraction of sp³-hybridized carbons (Fsp3) is 0.562. The van der Waals surface area contributed by atoms with Gasteiger partial charge in [-0.1, -0.05) is 37.5 Å². The van der Waals surface area contributed by atoms with E-state index in [1.54, 1.807) is 11.8 Å².